The third-order valence-electron chi connectivity index (χ3n) is 4.61. The number of fused-ring (bicyclic) bond motifs is 1. The predicted octanol–water partition coefficient (Wildman–Crippen LogP) is 5.46. The number of hydrogen-bond acceptors (Lipinski definition) is 4. The number of ether oxygens (including phenoxy) is 1. The van der Waals surface area contributed by atoms with E-state index in [9.17, 15) is 4.79 Å². The number of anilines is 1. The number of nitrogens with zero attached hydrogens (tertiary/aromatic N) is 2. The minimum Gasteiger partial charge on any atom is -0.497 e. The topological polar surface area (TPSA) is 42.4 Å². The van der Waals surface area contributed by atoms with Crippen LogP contribution in [0.4, 0.5) is 5.13 Å². The van der Waals surface area contributed by atoms with Gasteiger partial charge in [-0.3, -0.25) is 9.69 Å². The molecule has 0 fully saturated rings. The van der Waals surface area contributed by atoms with Crippen molar-refractivity contribution >= 4 is 32.6 Å². The highest BCUT2D eigenvalue weighted by Gasteiger charge is 2.22. The molecule has 0 spiro atoms. The Morgan fingerprint density at radius 3 is 2.43 bits per heavy atom. The Morgan fingerprint density at radius 2 is 1.75 bits per heavy atom. The van der Waals surface area contributed by atoms with Crippen molar-refractivity contribution in [2.75, 3.05) is 12.0 Å². The van der Waals surface area contributed by atoms with E-state index < -0.39 is 0 Å². The number of amides is 1. The van der Waals surface area contributed by atoms with Crippen LogP contribution in [0.5, 0.6) is 5.75 Å². The zero-order valence-corrected chi connectivity index (χ0v) is 16.6. The van der Waals surface area contributed by atoms with Gasteiger partial charge >= 0.3 is 0 Å². The van der Waals surface area contributed by atoms with Crippen LogP contribution in [0.25, 0.3) is 10.2 Å². The minimum atomic E-state index is -0.0804. The number of carbonyl (C=O) groups excluding carboxylic acids is 1. The summed E-state index contributed by atoms with van der Waals surface area (Å²) in [5, 5.41) is 0.703. The first-order valence-corrected chi connectivity index (χ1v) is 9.83. The summed E-state index contributed by atoms with van der Waals surface area (Å²) in [6.07, 6.45) is 0. The molecule has 1 amide bonds. The number of benzene rings is 3. The minimum absolute atomic E-state index is 0.0804. The van der Waals surface area contributed by atoms with Crippen molar-refractivity contribution in [2.24, 2.45) is 0 Å². The number of methoxy groups -OCH3 is 1. The maximum atomic E-state index is 13.4. The Labute approximate surface area is 168 Å². The second kappa shape index (κ2) is 7.82. The lowest BCUT2D eigenvalue weighted by Gasteiger charge is -2.20. The van der Waals surface area contributed by atoms with Gasteiger partial charge in [0.05, 0.1) is 23.9 Å². The van der Waals surface area contributed by atoms with E-state index in [0.29, 0.717) is 17.2 Å². The van der Waals surface area contributed by atoms with Crippen LogP contribution in [0, 0.1) is 6.92 Å². The van der Waals surface area contributed by atoms with Crippen molar-refractivity contribution in [1.29, 1.82) is 0 Å². The van der Waals surface area contributed by atoms with E-state index in [1.165, 1.54) is 11.3 Å². The zero-order chi connectivity index (χ0) is 19.5. The molecule has 4 aromatic rings. The number of rotatable bonds is 5. The van der Waals surface area contributed by atoms with E-state index in [2.05, 4.69) is 0 Å². The molecule has 0 bridgehead atoms. The maximum absolute atomic E-state index is 13.4. The van der Waals surface area contributed by atoms with Crippen LogP contribution >= 0.6 is 11.3 Å². The normalized spacial score (nSPS) is 10.8. The third-order valence-corrected chi connectivity index (χ3v) is 5.65. The van der Waals surface area contributed by atoms with Crippen molar-refractivity contribution in [2.45, 2.75) is 13.5 Å². The Hall–Kier alpha value is -3.18. The summed E-state index contributed by atoms with van der Waals surface area (Å²) in [5.41, 5.74) is 3.72. The molecule has 3 aromatic carbocycles. The lowest BCUT2D eigenvalue weighted by Crippen LogP contribution is -2.30. The van der Waals surface area contributed by atoms with Crippen molar-refractivity contribution in [3.63, 3.8) is 0 Å². The van der Waals surface area contributed by atoms with E-state index in [1.807, 2.05) is 55.5 Å². The standard InChI is InChI=1S/C23H20N2O2S/c1-16-7-6-10-20-21(16)24-23(28-20)25(15-17-8-4-3-5-9-17)22(26)18-11-13-19(27-2)14-12-18/h3-14H,15H2,1-2H3. The van der Waals surface area contributed by atoms with Crippen molar-refractivity contribution in [1.82, 2.24) is 4.98 Å². The van der Waals surface area contributed by atoms with Gasteiger partial charge in [0, 0.05) is 5.56 Å². The van der Waals surface area contributed by atoms with E-state index in [-0.39, 0.29) is 5.91 Å². The van der Waals surface area contributed by atoms with Crippen molar-refractivity contribution < 1.29 is 9.53 Å². The number of thiazole rings is 1. The summed E-state index contributed by atoms with van der Waals surface area (Å²) < 4.78 is 6.29. The third kappa shape index (κ3) is 3.62. The molecular weight excluding hydrogens is 368 g/mol. The summed E-state index contributed by atoms with van der Waals surface area (Å²) >= 11 is 1.54. The van der Waals surface area contributed by atoms with E-state index >= 15 is 0 Å². The molecule has 1 aromatic heterocycles. The van der Waals surface area contributed by atoms with Gasteiger partial charge in [0.25, 0.3) is 5.91 Å². The summed E-state index contributed by atoms with van der Waals surface area (Å²) in [7, 11) is 1.61. The van der Waals surface area contributed by atoms with Gasteiger partial charge < -0.3 is 4.74 Å². The zero-order valence-electron chi connectivity index (χ0n) is 15.8. The largest absolute Gasteiger partial charge is 0.497 e. The summed E-state index contributed by atoms with van der Waals surface area (Å²) in [6, 6.07) is 23.3. The van der Waals surface area contributed by atoms with Crippen LogP contribution in [0.3, 0.4) is 0 Å². The molecule has 1 heterocycles. The number of aromatic nitrogens is 1. The van der Waals surface area contributed by atoms with Gasteiger partial charge in [-0.25, -0.2) is 4.98 Å². The summed E-state index contributed by atoms with van der Waals surface area (Å²) in [5.74, 6) is 0.644. The molecule has 0 atom stereocenters. The first-order chi connectivity index (χ1) is 13.7. The molecule has 0 saturated carbocycles. The molecule has 0 radical (unpaired) electrons. The Kier molecular flexibility index (Phi) is 5.08. The van der Waals surface area contributed by atoms with Crippen molar-refractivity contribution in [3.8, 4) is 5.75 Å². The first kappa shape index (κ1) is 18.2. The average Bonchev–Trinajstić information content (AvgIpc) is 3.18. The van der Waals surface area contributed by atoms with Crippen LogP contribution in [0.15, 0.2) is 72.8 Å². The lowest BCUT2D eigenvalue weighted by atomic mass is 10.1. The molecule has 0 aliphatic carbocycles. The molecule has 28 heavy (non-hydrogen) atoms. The van der Waals surface area contributed by atoms with Gasteiger partial charge in [0.2, 0.25) is 0 Å². The van der Waals surface area contributed by atoms with Crippen LogP contribution in [0.2, 0.25) is 0 Å². The molecular formula is C23H20N2O2S. The Bertz CT molecular complexity index is 1100. The second-order valence-electron chi connectivity index (χ2n) is 6.52. The maximum Gasteiger partial charge on any atom is 0.260 e. The lowest BCUT2D eigenvalue weighted by molar-refractivity contribution is 0.0985. The average molecular weight is 388 g/mol. The van der Waals surface area contributed by atoms with Gasteiger partial charge in [-0.2, -0.15) is 0 Å². The molecule has 0 aliphatic heterocycles. The van der Waals surface area contributed by atoms with Crippen molar-refractivity contribution in [3.05, 3.63) is 89.5 Å². The molecule has 5 heteroatoms. The molecule has 0 unspecified atom stereocenters. The fraction of sp³-hybridized carbons (Fsp3) is 0.130. The van der Waals surface area contributed by atoms with Gasteiger partial charge in [0.1, 0.15) is 5.75 Å². The molecule has 0 saturated heterocycles. The molecule has 140 valence electrons. The monoisotopic (exact) mass is 388 g/mol. The fourth-order valence-electron chi connectivity index (χ4n) is 3.07. The quantitative estimate of drug-likeness (QED) is 0.456. The van der Waals surface area contributed by atoms with Crippen LogP contribution in [-0.2, 0) is 6.54 Å². The van der Waals surface area contributed by atoms with E-state index in [0.717, 1.165) is 27.1 Å². The van der Waals surface area contributed by atoms with Gasteiger partial charge in [-0.15, -0.1) is 0 Å². The van der Waals surface area contributed by atoms with Gasteiger partial charge in [0.15, 0.2) is 5.13 Å². The molecule has 0 aliphatic rings. The highest BCUT2D eigenvalue weighted by Crippen LogP contribution is 2.32. The fourth-order valence-corrected chi connectivity index (χ4v) is 4.11. The Morgan fingerprint density at radius 1 is 1.00 bits per heavy atom. The van der Waals surface area contributed by atoms with Crippen LogP contribution < -0.4 is 9.64 Å². The smallest absolute Gasteiger partial charge is 0.260 e. The van der Waals surface area contributed by atoms with E-state index in [4.69, 9.17) is 9.72 Å². The van der Waals surface area contributed by atoms with Gasteiger partial charge in [-0.1, -0.05) is 53.8 Å². The van der Waals surface area contributed by atoms with Crippen LogP contribution in [0.1, 0.15) is 21.5 Å². The molecule has 4 rings (SSSR count). The summed E-state index contributed by atoms with van der Waals surface area (Å²) in [4.78, 5) is 19.9. The Balaban J connectivity index is 1.75. The molecule has 4 nitrogen and oxygen atoms in total. The van der Waals surface area contributed by atoms with E-state index in [1.54, 1.807) is 36.3 Å². The first-order valence-electron chi connectivity index (χ1n) is 9.02. The number of aryl methyl sites for hydroxylation is 1. The molecule has 0 N–H and O–H groups in total. The number of para-hydroxylation sites is 1. The highest BCUT2D eigenvalue weighted by atomic mass is 32.1. The highest BCUT2D eigenvalue weighted by molar-refractivity contribution is 7.22. The second-order valence-corrected chi connectivity index (χ2v) is 7.53. The summed E-state index contributed by atoms with van der Waals surface area (Å²) in [6.45, 7) is 2.50. The SMILES string of the molecule is COc1ccc(C(=O)N(Cc2ccccc2)c2nc3c(C)cccc3s2)cc1. The number of carbonyl (C=O) groups is 1. The van der Waals surface area contributed by atoms with Crippen LogP contribution in [-0.4, -0.2) is 18.0 Å². The number of hydrogen-bond donors (Lipinski definition) is 0. The predicted molar refractivity (Wildman–Crippen MR) is 114 cm³/mol. The van der Waals surface area contributed by atoms with Gasteiger partial charge in [-0.05, 0) is 48.4 Å².